The van der Waals surface area contributed by atoms with Gasteiger partial charge >= 0.3 is 0 Å². The summed E-state index contributed by atoms with van der Waals surface area (Å²) in [6, 6.07) is 10.9. The lowest BCUT2D eigenvalue weighted by atomic mass is 10.2. The van der Waals surface area contributed by atoms with Gasteiger partial charge in [0.25, 0.3) is 5.91 Å². The van der Waals surface area contributed by atoms with Crippen LogP contribution in [0.2, 0.25) is 0 Å². The fraction of sp³-hybridized carbons (Fsp3) is 0.176. The number of nitrogens with one attached hydrogen (secondary N) is 2. The molecule has 5 nitrogen and oxygen atoms in total. The maximum Gasteiger partial charge on any atom is 0.257 e. The SMILES string of the molecule is CC(C)Oc1ccc(C(=O)Nc2nc(-c3ccc[nH]3)cs2)cc1. The Kier molecular flexibility index (Phi) is 4.43. The molecule has 0 saturated heterocycles. The van der Waals surface area contributed by atoms with Crippen molar-refractivity contribution in [1.29, 1.82) is 0 Å². The van der Waals surface area contributed by atoms with E-state index < -0.39 is 0 Å². The van der Waals surface area contributed by atoms with E-state index in [9.17, 15) is 4.79 Å². The van der Waals surface area contributed by atoms with Gasteiger partial charge in [-0.3, -0.25) is 10.1 Å². The monoisotopic (exact) mass is 327 g/mol. The third-order valence-corrected chi connectivity index (χ3v) is 3.84. The van der Waals surface area contributed by atoms with Crippen molar-refractivity contribution in [3.63, 3.8) is 0 Å². The van der Waals surface area contributed by atoms with E-state index in [1.807, 2.05) is 37.6 Å². The molecular formula is C17H17N3O2S. The van der Waals surface area contributed by atoms with Crippen molar-refractivity contribution in [2.24, 2.45) is 0 Å². The highest BCUT2D eigenvalue weighted by molar-refractivity contribution is 7.14. The molecule has 6 heteroatoms. The van der Waals surface area contributed by atoms with Gasteiger partial charge in [0, 0.05) is 17.1 Å². The Morgan fingerprint density at radius 1 is 1.26 bits per heavy atom. The molecule has 118 valence electrons. The van der Waals surface area contributed by atoms with Crippen LogP contribution in [0.15, 0.2) is 48.0 Å². The van der Waals surface area contributed by atoms with Gasteiger partial charge in [0.05, 0.1) is 17.5 Å². The Hall–Kier alpha value is -2.60. The van der Waals surface area contributed by atoms with Crippen LogP contribution in [0.3, 0.4) is 0 Å². The lowest BCUT2D eigenvalue weighted by Crippen LogP contribution is -2.12. The first-order chi connectivity index (χ1) is 11.1. The molecule has 23 heavy (non-hydrogen) atoms. The number of carbonyl (C=O) groups is 1. The van der Waals surface area contributed by atoms with Gasteiger partial charge in [-0.2, -0.15) is 0 Å². The maximum absolute atomic E-state index is 12.3. The maximum atomic E-state index is 12.3. The minimum atomic E-state index is -0.187. The summed E-state index contributed by atoms with van der Waals surface area (Å²) in [7, 11) is 0. The van der Waals surface area contributed by atoms with Gasteiger partial charge in [-0.15, -0.1) is 11.3 Å². The molecule has 1 aromatic carbocycles. The van der Waals surface area contributed by atoms with Crippen molar-refractivity contribution in [3.8, 4) is 17.1 Å². The van der Waals surface area contributed by atoms with E-state index in [1.165, 1.54) is 11.3 Å². The first kappa shape index (κ1) is 15.3. The normalized spacial score (nSPS) is 10.7. The molecule has 1 amide bonds. The molecule has 3 rings (SSSR count). The quantitative estimate of drug-likeness (QED) is 0.739. The standard InChI is InChI=1S/C17H17N3O2S/c1-11(2)22-13-7-5-12(6-8-13)16(21)20-17-19-15(10-23-17)14-4-3-9-18-14/h3-11,18H,1-2H3,(H,19,20,21). The summed E-state index contributed by atoms with van der Waals surface area (Å²) < 4.78 is 5.57. The summed E-state index contributed by atoms with van der Waals surface area (Å²) in [5, 5.41) is 5.29. The molecule has 0 unspecified atom stereocenters. The van der Waals surface area contributed by atoms with Crippen LogP contribution in [0, 0.1) is 0 Å². The van der Waals surface area contributed by atoms with Crippen molar-refractivity contribution in [2.75, 3.05) is 5.32 Å². The summed E-state index contributed by atoms with van der Waals surface area (Å²) in [5.74, 6) is 0.563. The van der Waals surface area contributed by atoms with Crippen LogP contribution in [0.1, 0.15) is 24.2 Å². The van der Waals surface area contributed by atoms with Crippen LogP contribution in [0.5, 0.6) is 5.75 Å². The van der Waals surface area contributed by atoms with E-state index in [-0.39, 0.29) is 12.0 Å². The Balaban J connectivity index is 1.67. The minimum absolute atomic E-state index is 0.108. The summed E-state index contributed by atoms with van der Waals surface area (Å²) >= 11 is 1.39. The summed E-state index contributed by atoms with van der Waals surface area (Å²) in [4.78, 5) is 19.7. The lowest BCUT2D eigenvalue weighted by molar-refractivity contribution is 0.102. The van der Waals surface area contributed by atoms with Gasteiger partial charge in [-0.05, 0) is 50.2 Å². The van der Waals surface area contributed by atoms with Gasteiger partial charge in [-0.1, -0.05) is 0 Å². The summed E-state index contributed by atoms with van der Waals surface area (Å²) in [5.41, 5.74) is 2.31. The molecule has 0 atom stereocenters. The second-order valence-electron chi connectivity index (χ2n) is 5.27. The van der Waals surface area contributed by atoms with E-state index >= 15 is 0 Å². The lowest BCUT2D eigenvalue weighted by Gasteiger charge is -2.09. The fourth-order valence-corrected chi connectivity index (χ4v) is 2.78. The van der Waals surface area contributed by atoms with Gasteiger partial charge < -0.3 is 9.72 Å². The number of hydrogen-bond acceptors (Lipinski definition) is 4. The fourth-order valence-electron chi connectivity index (χ4n) is 2.07. The zero-order valence-electron chi connectivity index (χ0n) is 12.9. The van der Waals surface area contributed by atoms with Gasteiger partial charge in [0.2, 0.25) is 0 Å². The van der Waals surface area contributed by atoms with E-state index in [4.69, 9.17) is 4.74 Å². The third-order valence-electron chi connectivity index (χ3n) is 3.09. The van der Waals surface area contributed by atoms with Crippen molar-refractivity contribution in [3.05, 3.63) is 53.5 Å². The van der Waals surface area contributed by atoms with Crippen LogP contribution in [-0.4, -0.2) is 22.0 Å². The first-order valence-electron chi connectivity index (χ1n) is 7.29. The van der Waals surface area contributed by atoms with E-state index in [1.54, 1.807) is 24.3 Å². The number of thiazole rings is 1. The highest BCUT2D eigenvalue weighted by Crippen LogP contribution is 2.24. The molecule has 2 aromatic heterocycles. The number of ether oxygens (including phenoxy) is 1. The highest BCUT2D eigenvalue weighted by Gasteiger charge is 2.10. The number of rotatable bonds is 5. The van der Waals surface area contributed by atoms with Crippen molar-refractivity contribution in [2.45, 2.75) is 20.0 Å². The number of nitrogens with zero attached hydrogens (tertiary/aromatic N) is 1. The number of anilines is 1. The largest absolute Gasteiger partial charge is 0.491 e. The number of H-pyrrole nitrogens is 1. The molecule has 0 aliphatic heterocycles. The van der Waals surface area contributed by atoms with Crippen LogP contribution in [0.4, 0.5) is 5.13 Å². The second-order valence-corrected chi connectivity index (χ2v) is 6.12. The number of carbonyl (C=O) groups excluding carboxylic acids is 1. The highest BCUT2D eigenvalue weighted by atomic mass is 32.1. The predicted molar refractivity (Wildman–Crippen MR) is 92.1 cm³/mol. The van der Waals surface area contributed by atoms with E-state index in [0.29, 0.717) is 10.7 Å². The third kappa shape index (κ3) is 3.78. The summed E-state index contributed by atoms with van der Waals surface area (Å²) in [6.07, 6.45) is 1.95. The zero-order chi connectivity index (χ0) is 16.2. The molecule has 0 aliphatic carbocycles. The molecule has 0 radical (unpaired) electrons. The van der Waals surface area contributed by atoms with E-state index in [2.05, 4.69) is 15.3 Å². The molecule has 2 N–H and O–H groups in total. The minimum Gasteiger partial charge on any atom is -0.491 e. The molecule has 0 bridgehead atoms. The van der Waals surface area contributed by atoms with Crippen LogP contribution >= 0.6 is 11.3 Å². The number of amides is 1. The first-order valence-corrected chi connectivity index (χ1v) is 8.17. The van der Waals surface area contributed by atoms with Crippen molar-refractivity contribution < 1.29 is 9.53 Å². The predicted octanol–water partition coefficient (Wildman–Crippen LogP) is 4.18. The zero-order valence-corrected chi connectivity index (χ0v) is 13.7. The molecular weight excluding hydrogens is 310 g/mol. The van der Waals surface area contributed by atoms with Gasteiger partial charge in [0.15, 0.2) is 5.13 Å². The second kappa shape index (κ2) is 6.66. The Morgan fingerprint density at radius 3 is 2.70 bits per heavy atom. The molecule has 0 aliphatic rings. The van der Waals surface area contributed by atoms with Crippen LogP contribution in [0.25, 0.3) is 11.4 Å². The average molecular weight is 327 g/mol. The van der Waals surface area contributed by atoms with Gasteiger partial charge in [0.1, 0.15) is 5.75 Å². The topological polar surface area (TPSA) is 67.0 Å². The molecule has 0 spiro atoms. The number of aromatic amines is 1. The summed E-state index contributed by atoms with van der Waals surface area (Å²) in [6.45, 7) is 3.93. The van der Waals surface area contributed by atoms with E-state index in [0.717, 1.165) is 17.1 Å². The van der Waals surface area contributed by atoms with Crippen molar-refractivity contribution in [1.82, 2.24) is 9.97 Å². The number of aromatic nitrogens is 2. The molecule has 0 saturated carbocycles. The smallest absolute Gasteiger partial charge is 0.257 e. The average Bonchev–Trinajstić information content (AvgIpc) is 3.18. The number of hydrogen-bond donors (Lipinski definition) is 2. The Morgan fingerprint density at radius 2 is 2.04 bits per heavy atom. The Bertz CT molecular complexity index is 777. The molecule has 0 fully saturated rings. The van der Waals surface area contributed by atoms with Crippen LogP contribution < -0.4 is 10.1 Å². The molecule has 3 aromatic rings. The number of benzene rings is 1. The van der Waals surface area contributed by atoms with Crippen LogP contribution in [-0.2, 0) is 0 Å². The van der Waals surface area contributed by atoms with Crippen molar-refractivity contribution >= 4 is 22.4 Å². The molecule has 2 heterocycles. The Labute approximate surface area is 138 Å². The van der Waals surface area contributed by atoms with Gasteiger partial charge in [-0.25, -0.2) is 4.98 Å².